The molecule has 10 heavy (non-hydrogen) atoms. The summed E-state index contributed by atoms with van der Waals surface area (Å²) in [5, 5.41) is -0.0336. The highest BCUT2D eigenvalue weighted by Gasteiger charge is 2.16. The molecule has 0 saturated heterocycles. The molecule has 0 N–H and O–H groups in total. The number of amidine groups is 2. The van der Waals surface area contributed by atoms with E-state index in [4.69, 9.17) is 0 Å². The van der Waals surface area contributed by atoms with Gasteiger partial charge < -0.3 is 4.90 Å². The van der Waals surface area contributed by atoms with Gasteiger partial charge in [-0.25, -0.2) is 4.99 Å². The molecule has 6 heteroatoms. The first-order valence-corrected chi connectivity index (χ1v) is 4.96. The lowest BCUT2D eigenvalue weighted by Gasteiger charge is -2.23. The molecule has 0 amide bonds. The fraction of sp³-hybridized carbons (Fsp3) is 0.500. The molecule has 1 aliphatic rings. The van der Waals surface area contributed by atoms with Gasteiger partial charge in [-0.2, -0.15) is 4.99 Å². The number of rotatable bonds is 0. The lowest BCUT2D eigenvalue weighted by Crippen LogP contribution is -2.31. The van der Waals surface area contributed by atoms with E-state index in [0.717, 1.165) is 4.74 Å². The molecule has 0 radical (unpaired) electrons. The van der Waals surface area contributed by atoms with Crippen molar-refractivity contribution >= 4 is 57.3 Å². The Hall–Kier alpha value is 0.580. The van der Waals surface area contributed by atoms with Gasteiger partial charge in [0.2, 0.25) is 0 Å². The Morgan fingerprint density at radius 2 is 2.10 bits per heavy atom. The van der Waals surface area contributed by atoms with E-state index in [9.17, 15) is 0 Å². The normalized spacial score (nSPS) is 26.0. The summed E-state index contributed by atoms with van der Waals surface area (Å²) < 4.78 is 1.36. The van der Waals surface area contributed by atoms with Crippen molar-refractivity contribution in [1.29, 1.82) is 0 Å². The molecule has 3 nitrogen and oxygen atoms in total. The van der Waals surface area contributed by atoms with Crippen molar-refractivity contribution in [2.75, 3.05) is 7.05 Å². The van der Waals surface area contributed by atoms with Gasteiger partial charge in [0.25, 0.3) is 0 Å². The second-order valence-corrected chi connectivity index (χ2v) is 3.94. The van der Waals surface area contributed by atoms with Gasteiger partial charge in [0.05, 0.1) is 0 Å². The smallest absolute Gasteiger partial charge is 0.197 e. The Morgan fingerprint density at radius 3 is 2.60 bits per heavy atom. The predicted octanol–water partition coefficient (Wildman–Crippen LogP) is 2.11. The summed E-state index contributed by atoms with van der Waals surface area (Å²) in [6.07, 6.45) is 0. The number of nitrogens with zero attached hydrogens (tertiary/aromatic N) is 3. The standard InChI is InChI=1S/C4H4Br3N3/c1-10-3(6)8-2(5)9-4(10)7/h3H,1H3. The molecule has 0 saturated carbocycles. The quantitative estimate of drug-likeness (QED) is 0.493. The predicted molar refractivity (Wildman–Crippen MR) is 53.2 cm³/mol. The second kappa shape index (κ2) is 3.32. The number of hydrogen-bond donors (Lipinski definition) is 0. The Morgan fingerprint density at radius 1 is 1.50 bits per heavy atom. The number of aliphatic imine (C=N–C) groups is 2. The van der Waals surface area contributed by atoms with Crippen LogP contribution in [0.25, 0.3) is 0 Å². The van der Waals surface area contributed by atoms with Gasteiger partial charge in [0.1, 0.15) is 0 Å². The minimum atomic E-state index is -0.0336. The molecule has 1 aliphatic heterocycles. The Labute approximate surface area is 84.0 Å². The van der Waals surface area contributed by atoms with Crippen molar-refractivity contribution in [3.63, 3.8) is 0 Å². The Balaban J connectivity index is 2.85. The second-order valence-electron chi connectivity index (χ2n) is 1.70. The zero-order valence-electron chi connectivity index (χ0n) is 5.05. The zero-order chi connectivity index (χ0) is 7.72. The highest BCUT2D eigenvalue weighted by atomic mass is 79.9. The molecule has 0 spiro atoms. The van der Waals surface area contributed by atoms with Gasteiger partial charge in [-0.05, 0) is 47.8 Å². The first-order chi connectivity index (χ1) is 4.61. The van der Waals surface area contributed by atoms with Crippen LogP contribution in [0.15, 0.2) is 9.98 Å². The third-order valence-corrected chi connectivity index (χ3v) is 2.95. The van der Waals surface area contributed by atoms with Gasteiger partial charge >= 0.3 is 0 Å². The topological polar surface area (TPSA) is 28.0 Å². The molecule has 56 valence electrons. The molecule has 1 unspecified atom stereocenters. The van der Waals surface area contributed by atoms with Gasteiger partial charge in [-0.3, -0.25) is 0 Å². The molecule has 1 atom stereocenters. The molecular weight excluding hydrogens is 330 g/mol. The summed E-state index contributed by atoms with van der Waals surface area (Å²) >= 11 is 9.77. The van der Waals surface area contributed by atoms with E-state index in [-0.39, 0.29) is 5.08 Å². The number of alkyl halides is 1. The first-order valence-electron chi connectivity index (χ1n) is 2.45. The molecule has 1 rings (SSSR count). The van der Waals surface area contributed by atoms with E-state index in [1.165, 1.54) is 0 Å². The average molecular weight is 334 g/mol. The van der Waals surface area contributed by atoms with Crippen LogP contribution in [0.1, 0.15) is 0 Å². The Bertz CT molecular complexity index is 200. The molecule has 0 aromatic carbocycles. The molecule has 0 fully saturated rings. The number of halogens is 3. The third kappa shape index (κ3) is 1.79. The van der Waals surface area contributed by atoms with Crippen LogP contribution in [-0.4, -0.2) is 26.5 Å². The fourth-order valence-corrected chi connectivity index (χ4v) is 2.35. The highest BCUT2D eigenvalue weighted by molar-refractivity contribution is 9.19. The van der Waals surface area contributed by atoms with E-state index in [1.54, 1.807) is 0 Å². The van der Waals surface area contributed by atoms with E-state index in [1.807, 2.05) is 11.9 Å². The van der Waals surface area contributed by atoms with E-state index >= 15 is 0 Å². The maximum atomic E-state index is 4.07. The zero-order valence-corrected chi connectivity index (χ0v) is 9.81. The summed E-state index contributed by atoms with van der Waals surface area (Å²) in [5.74, 6) is 0. The largest absolute Gasteiger partial charge is 0.323 e. The van der Waals surface area contributed by atoms with Gasteiger partial charge in [-0.1, -0.05) is 0 Å². The van der Waals surface area contributed by atoms with Crippen LogP contribution in [0, 0.1) is 0 Å². The molecular formula is C4H4Br3N3. The SMILES string of the molecule is CN1C(Br)=NC(Br)=NC1Br. The molecule has 0 aromatic rings. The molecule has 0 aromatic heterocycles. The van der Waals surface area contributed by atoms with Crippen molar-refractivity contribution in [2.45, 2.75) is 5.08 Å². The monoisotopic (exact) mass is 331 g/mol. The van der Waals surface area contributed by atoms with Gasteiger partial charge in [0.15, 0.2) is 14.6 Å². The van der Waals surface area contributed by atoms with Crippen LogP contribution in [0.4, 0.5) is 0 Å². The van der Waals surface area contributed by atoms with Crippen LogP contribution < -0.4 is 0 Å². The maximum Gasteiger partial charge on any atom is 0.197 e. The van der Waals surface area contributed by atoms with E-state index in [2.05, 4.69) is 57.8 Å². The minimum Gasteiger partial charge on any atom is -0.323 e. The highest BCUT2D eigenvalue weighted by Crippen LogP contribution is 2.17. The maximum absolute atomic E-state index is 4.07. The molecule has 0 bridgehead atoms. The minimum absolute atomic E-state index is 0.0336. The first kappa shape index (κ1) is 8.67. The van der Waals surface area contributed by atoms with Gasteiger partial charge in [0, 0.05) is 7.05 Å². The summed E-state index contributed by atoms with van der Waals surface area (Å²) in [6.45, 7) is 0. The summed E-state index contributed by atoms with van der Waals surface area (Å²) in [5.41, 5.74) is 0. The summed E-state index contributed by atoms with van der Waals surface area (Å²) in [7, 11) is 1.88. The fourth-order valence-electron chi connectivity index (χ4n) is 0.446. The van der Waals surface area contributed by atoms with Crippen molar-refractivity contribution < 1.29 is 0 Å². The average Bonchev–Trinajstić information content (AvgIpc) is 1.82. The molecule has 0 aliphatic carbocycles. The Kier molecular flexibility index (Phi) is 2.88. The summed E-state index contributed by atoms with van der Waals surface area (Å²) in [6, 6.07) is 0. The van der Waals surface area contributed by atoms with Crippen LogP contribution in [0.2, 0.25) is 0 Å². The third-order valence-electron chi connectivity index (χ3n) is 1.01. The lowest BCUT2D eigenvalue weighted by molar-refractivity contribution is 0.499. The van der Waals surface area contributed by atoms with E-state index < -0.39 is 0 Å². The van der Waals surface area contributed by atoms with Crippen molar-refractivity contribution in [3.8, 4) is 0 Å². The van der Waals surface area contributed by atoms with Crippen molar-refractivity contribution in [2.24, 2.45) is 9.98 Å². The van der Waals surface area contributed by atoms with Gasteiger partial charge in [-0.15, -0.1) is 0 Å². The van der Waals surface area contributed by atoms with Crippen molar-refractivity contribution in [3.05, 3.63) is 0 Å². The van der Waals surface area contributed by atoms with Crippen LogP contribution in [0.3, 0.4) is 0 Å². The lowest BCUT2D eigenvalue weighted by atomic mass is 10.8. The summed E-state index contributed by atoms with van der Waals surface area (Å²) in [4.78, 5) is 9.93. The van der Waals surface area contributed by atoms with Crippen LogP contribution in [0.5, 0.6) is 0 Å². The van der Waals surface area contributed by atoms with Crippen LogP contribution >= 0.6 is 47.8 Å². The number of hydrogen-bond acceptors (Lipinski definition) is 3. The van der Waals surface area contributed by atoms with Crippen LogP contribution in [-0.2, 0) is 0 Å². The van der Waals surface area contributed by atoms with Crippen molar-refractivity contribution in [1.82, 2.24) is 4.90 Å². The van der Waals surface area contributed by atoms with E-state index in [0.29, 0.717) is 4.74 Å². The molecule has 1 heterocycles.